The average Bonchev–Trinajstić information content (AvgIpc) is 2.76. The van der Waals surface area contributed by atoms with Crippen molar-refractivity contribution >= 4 is 37.6 Å². The number of ether oxygens (including phenoxy) is 1. The molecule has 2 atom stereocenters. The highest BCUT2D eigenvalue weighted by Crippen LogP contribution is 2.36. The smallest absolute Gasteiger partial charge is 0.126 e. The zero-order valence-electron chi connectivity index (χ0n) is 16.5. The Morgan fingerprint density at radius 1 is 1.00 bits per heavy atom. The van der Waals surface area contributed by atoms with Gasteiger partial charge in [-0.2, -0.15) is 0 Å². The lowest BCUT2D eigenvalue weighted by molar-refractivity contribution is 0.340. The van der Waals surface area contributed by atoms with E-state index in [1.807, 2.05) is 55.5 Å². The number of nitrogens with one attached hydrogen (secondary N) is 1. The maximum Gasteiger partial charge on any atom is 0.126 e. The van der Waals surface area contributed by atoms with Crippen LogP contribution in [0.5, 0.6) is 11.5 Å². The van der Waals surface area contributed by atoms with Crippen LogP contribution in [0.25, 0.3) is 0 Å². The van der Waals surface area contributed by atoms with Crippen LogP contribution in [-0.4, -0.2) is 17.4 Å². The minimum Gasteiger partial charge on any atom is -0.508 e. The average molecular weight is 530 g/mol. The molecule has 4 nitrogen and oxygen atoms in total. The van der Waals surface area contributed by atoms with Gasteiger partial charge in [0.25, 0.3) is 0 Å². The number of hydrogen-bond donors (Lipinski definition) is 2. The first kappa shape index (κ1) is 21.1. The molecule has 30 heavy (non-hydrogen) atoms. The topological polar surface area (TPSA) is 53.8 Å². The molecule has 0 amide bonds. The molecule has 154 valence electrons. The largest absolute Gasteiger partial charge is 0.508 e. The Balaban J connectivity index is 1.72. The molecule has 0 fully saturated rings. The van der Waals surface area contributed by atoms with E-state index in [1.54, 1.807) is 6.07 Å². The normalized spacial score (nSPS) is 18.7. The van der Waals surface area contributed by atoms with Gasteiger partial charge in [-0.25, -0.2) is 0 Å². The Morgan fingerprint density at radius 3 is 2.40 bits per heavy atom. The van der Waals surface area contributed by atoms with E-state index in [-0.39, 0.29) is 18.0 Å². The van der Waals surface area contributed by atoms with Gasteiger partial charge in [-0.05, 0) is 72.6 Å². The van der Waals surface area contributed by atoms with Crippen molar-refractivity contribution in [2.75, 3.05) is 6.61 Å². The highest BCUT2D eigenvalue weighted by molar-refractivity contribution is 9.10. The van der Waals surface area contributed by atoms with Crippen LogP contribution in [-0.2, 0) is 0 Å². The lowest BCUT2D eigenvalue weighted by Crippen LogP contribution is -2.33. The van der Waals surface area contributed by atoms with E-state index < -0.39 is 0 Å². The van der Waals surface area contributed by atoms with Gasteiger partial charge in [0, 0.05) is 32.7 Å². The Hall–Kier alpha value is -2.15. The summed E-state index contributed by atoms with van der Waals surface area (Å²) < 4.78 is 7.53. The van der Waals surface area contributed by atoms with Crippen LogP contribution in [0.4, 0.5) is 0 Å². The molecule has 2 N–H and O–H groups in total. The van der Waals surface area contributed by atoms with Crippen molar-refractivity contribution in [3.8, 4) is 11.5 Å². The van der Waals surface area contributed by atoms with Crippen LogP contribution in [0.1, 0.15) is 42.2 Å². The van der Waals surface area contributed by atoms with Crippen molar-refractivity contribution in [1.82, 2.24) is 5.32 Å². The van der Waals surface area contributed by atoms with Gasteiger partial charge in [0.05, 0.1) is 6.61 Å². The van der Waals surface area contributed by atoms with Gasteiger partial charge >= 0.3 is 0 Å². The minimum absolute atomic E-state index is 0.0739. The summed E-state index contributed by atoms with van der Waals surface area (Å²) in [5, 5.41) is 14.1. The fraction of sp³-hybridized carbons (Fsp3) is 0.208. The zero-order chi connectivity index (χ0) is 21.1. The fourth-order valence-corrected chi connectivity index (χ4v) is 4.25. The van der Waals surface area contributed by atoms with E-state index >= 15 is 0 Å². The molecule has 1 heterocycles. The monoisotopic (exact) mass is 528 g/mol. The van der Waals surface area contributed by atoms with Crippen LogP contribution in [0.3, 0.4) is 0 Å². The third kappa shape index (κ3) is 4.77. The van der Waals surface area contributed by atoms with E-state index in [4.69, 9.17) is 9.73 Å². The van der Waals surface area contributed by atoms with Gasteiger partial charge < -0.3 is 9.84 Å². The molecule has 1 aliphatic heterocycles. The highest BCUT2D eigenvalue weighted by atomic mass is 79.9. The van der Waals surface area contributed by atoms with Crippen LogP contribution in [0, 0.1) is 0 Å². The summed E-state index contributed by atoms with van der Waals surface area (Å²) in [6.07, 6.45) is 0.460. The summed E-state index contributed by atoms with van der Waals surface area (Å²) in [5.74, 6) is 1.12. The van der Waals surface area contributed by atoms with E-state index in [1.165, 1.54) is 0 Å². The van der Waals surface area contributed by atoms with Crippen LogP contribution >= 0.6 is 31.9 Å². The van der Waals surface area contributed by atoms with Crippen molar-refractivity contribution < 1.29 is 9.84 Å². The Morgan fingerprint density at radius 2 is 1.70 bits per heavy atom. The lowest BCUT2D eigenvalue weighted by Gasteiger charge is -2.31. The number of aromatic hydroxyl groups is 1. The summed E-state index contributed by atoms with van der Waals surface area (Å²) in [5.41, 5.74) is 3.97. The number of rotatable bonds is 5. The summed E-state index contributed by atoms with van der Waals surface area (Å²) in [4.78, 5) is 5.01. The predicted octanol–water partition coefficient (Wildman–Crippen LogP) is 6.54. The van der Waals surface area contributed by atoms with Gasteiger partial charge in [-0.3, -0.25) is 10.3 Å². The number of phenolic OH excluding ortho intramolecular Hbond substituents is 1. The SMILES string of the molecule is CCOc1ccc(C2=N[C@@H](c3ccc(Br)cc3)N[C@@H](c3cc(Br)ccc3O)C2)cc1. The molecule has 0 aliphatic carbocycles. The molecule has 0 saturated heterocycles. The first-order valence-corrected chi connectivity index (χ1v) is 11.4. The molecule has 0 aromatic heterocycles. The van der Waals surface area contributed by atoms with Gasteiger partial charge in [0.2, 0.25) is 0 Å². The zero-order valence-corrected chi connectivity index (χ0v) is 19.7. The number of hydrogen-bond acceptors (Lipinski definition) is 4. The molecule has 0 spiro atoms. The van der Waals surface area contributed by atoms with Gasteiger partial charge in [-0.1, -0.05) is 44.0 Å². The van der Waals surface area contributed by atoms with Gasteiger partial charge in [0.1, 0.15) is 17.7 Å². The maximum atomic E-state index is 10.5. The molecule has 1 aliphatic rings. The Labute approximate surface area is 193 Å². The predicted molar refractivity (Wildman–Crippen MR) is 127 cm³/mol. The Bertz CT molecular complexity index is 1050. The first-order valence-electron chi connectivity index (χ1n) is 9.83. The van der Waals surface area contributed by atoms with E-state index in [0.717, 1.165) is 37.1 Å². The number of nitrogens with zero attached hydrogens (tertiary/aromatic N) is 1. The number of halogens is 2. The summed E-state index contributed by atoms with van der Waals surface area (Å²) in [6.45, 7) is 2.61. The van der Waals surface area contributed by atoms with E-state index in [9.17, 15) is 5.11 Å². The summed E-state index contributed by atoms with van der Waals surface area (Å²) in [7, 11) is 0. The lowest BCUT2D eigenvalue weighted by atomic mass is 9.93. The van der Waals surface area contributed by atoms with Gasteiger partial charge in [-0.15, -0.1) is 0 Å². The van der Waals surface area contributed by atoms with E-state index in [2.05, 4.69) is 49.3 Å². The van der Waals surface area contributed by atoms with Crippen LogP contribution in [0.15, 0.2) is 80.7 Å². The standard InChI is InChI=1S/C24H22Br2N2O2/c1-2-30-19-10-5-15(6-11-19)21-14-22(20-13-18(26)9-12-23(20)29)28-24(27-21)16-3-7-17(25)8-4-16/h3-13,22,24,28-29H,2,14H2,1H3/t22-,24-/m1/s1. The van der Waals surface area contributed by atoms with Crippen molar-refractivity contribution in [2.24, 2.45) is 4.99 Å². The first-order chi connectivity index (χ1) is 14.5. The molecule has 0 saturated carbocycles. The number of phenols is 1. The quantitative estimate of drug-likeness (QED) is 0.394. The highest BCUT2D eigenvalue weighted by Gasteiger charge is 2.27. The molecule has 6 heteroatoms. The minimum atomic E-state index is -0.211. The summed E-state index contributed by atoms with van der Waals surface area (Å²) in [6, 6.07) is 21.7. The third-order valence-electron chi connectivity index (χ3n) is 5.09. The van der Waals surface area contributed by atoms with E-state index in [0.29, 0.717) is 13.0 Å². The van der Waals surface area contributed by atoms with Gasteiger partial charge in [0.15, 0.2) is 0 Å². The van der Waals surface area contributed by atoms with Crippen molar-refractivity contribution in [3.05, 3.63) is 92.4 Å². The Kier molecular flexibility index (Phi) is 6.56. The molecule has 4 rings (SSSR count). The number of benzene rings is 3. The number of aliphatic imine (C=N–C) groups is 1. The fourth-order valence-electron chi connectivity index (χ4n) is 3.61. The molecule has 0 radical (unpaired) electrons. The second kappa shape index (κ2) is 9.33. The second-order valence-electron chi connectivity index (χ2n) is 7.11. The van der Waals surface area contributed by atoms with Crippen molar-refractivity contribution in [2.45, 2.75) is 25.6 Å². The summed E-state index contributed by atoms with van der Waals surface area (Å²) >= 11 is 7.02. The molecular weight excluding hydrogens is 508 g/mol. The van der Waals surface area contributed by atoms with Crippen molar-refractivity contribution in [1.29, 1.82) is 0 Å². The molecule has 0 unspecified atom stereocenters. The molecule has 3 aromatic rings. The van der Waals surface area contributed by atoms with Crippen LogP contribution < -0.4 is 10.1 Å². The van der Waals surface area contributed by atoms with Crippen LogP contribution in [0.2, 0.25) is 0 Å². The molecule has 0 bridgehead atoms. The van der Waals surface area contributed by atoms with Crippen molar-refractivity contribution in [3.63, 3.8) is 0 Å². The molecular formula is C24H22Br2N2O2. The maximum absolute atomic E-state index is 10.5. The third-order valence-corrected chi connectivity index (χ3v) is 6.11. The molecule has 3 aromatic carbocycles. The second-order valence-corrected chi connectivity index (χ2v) is 8.95.